The Morgan fingerprint density at radius 2 is 1.79 bits per heavy atom. The summed E-state index contributed by atoms with van der Waals surface area (Å²) in [5.41, 5.74) is 3.45. The van der Waals surface area contributed by atoms with Crippen LogP contribution in [0.25, 0.3) is 21.9 Å². The minimum Gasteiger partial charge on any atom is -0.491 e. The van der Waals surface area contributed by atoms with Gasteiger partial charge in [-0.05, 0) is 48.5 Å². The van der Waals surface area contributed by atoms with Crippen LogP contribution in [0.15, 0.2) is 67.3 Å². The second kappa shape index (κ2) is 9.54. The summed E-state index contributed by atoms with van der Waals surface area (Å²) in [4.78, 5) is 13.1. The van der Waals surface area contributed by atoms with E-state index in [1.54, 1.807) is 19.5 Å². The van der Waals surface area contributed by atoms with E-state index >= 15 is 0 Å². The maximum atomic E-state index is 6.53. The van der Waals surface area contributed by atoms with Gasteiger partial charge in [-0.3, -0.25) is 0 Å². The molecule has 5 rings (SSSR count). The second-order valence-electron chi connectivity index (χ2n) is 7.62. The molecule has 8 nitrogen and oxygen atoms in total. The number of benzene rings is 3. The topological polar surface area (TPSA) is 83.3 Å². The first-order valence-corrected chi connectivity index (χ1v) is 11.0. The standard InChI is InChI=1S/C25H22ClN5O3/c1-31-15-29-22-13-18(5-7-23(22)31)34-24-8-3-16(11-20(24)26)30-25-19-12-17(33-10-9-32-2)4-6-21(19)27-14-28-25/h3-8,11-15H,9-10H2,1-2H3,(H,27,28,30). The van der Waals surface area contributed by atoms with Crippen molar-refractivity contribution < 1.29 is 14.2 Å². The van der Waals surface area contributed by atoms with Gasteiger partial charge in [0.1, 0.15) is 36.0 Å². The van der Waals surface area contributed by atoms with Crippen molar-refractivity contribution in [3.8, 4) is 17.2 Å². The van der Waals surface area contributed by atoms with E-state index in [2.05, 4.69) is 20.3 Å². The fourth-order valence-corrected chi connectivity index (χ4v) is 3.79. The molecule has 0 atom stereocenters. The van der Waals surface area contributed by atoms with E-state index in [-0.39, 0.29) is 0 Å². The number of imidazole rings is 1. The number of aromatic nitrogens is 4. The molecule has 9 heteroatoms. The van der Waals surface area contributed by atoms with Gasteiger partial charge in [0.2, 0.25) is 0 Å². The van der Waals surface area contributed by atoms with Gasteiger partial charge in [0.15, 0.2) is 0 Å². The summed E-state index contributed by atoms with van der Waals surface area (Å²) in [5, 5.41) is 4.61. The Balaban J connectivity index is 1.36. The van der Waals surface area contributed by atoms with Crippen molar-refractivity contribution in [1.29, 1.82) is 0 Å². The molecule has 0 spiro atoms. The minimum absolute atomic E-state index is 0.461. The molecule has 0 fully saturated rings. The highest BCUT2D eigenvalue weighted by molar-refractivity contribution is 6.32. The summed E-state index contributed by atoms with van der Waals surface area (Å²) < 4.78 is 18.7. The van der Waals surface area contributed by atoms with Crippen molar-refractivity contribution >= 4 is 45.0 Å². The molecule has 1 N–H and O–H groups in total. The molecule has 5 aromatic rings. The van der Waals surface area contributed by atoms with Gasteiger partial charge in [-0.15, -0.1) is 0 Å². The second-order valence-corrected chi connectivity index (χ2v) is 8.03. The number of rotatable bonds is 8. The van der Waals surface area contributed by atoms with Crippen LogP contribution >= 0.6 is 11.6 Å². The number of anilines is 2. The van der Waals surface area contributed by atoms with E-state index in [0.717, 1.165) is 27.6 Å². The summed E-state index contributed by atoms with van der Waals surface area (Å²) in [6, 6.07) is 16.9. The van der Waals surface area contributed by atoms with Crippen LogP contribution in [0, 0.1) is 0 Å². The number of ether oxygens (including phenoxy) is 3. The van der Waals surface area contributed by atoms with Crippen LogP contribution in [0.5, 0.6) is 17.2 Å². The summed E-state index contributed by atoms with van der Waals surface area (Å²) in [5.74, 6) is 2.57. The van der Waals surface area contributed by atoms with E-state index in [0.29, 0.717) is 41.3 Å². The molecule has 0 saturated carbocycles. The lowest BCUT2D eigenvalue weighted by Gasteiger charge is -2.12. The monoisotopic (exact) mass is 475 g/mol. The lowest BCUT2D eigenvalue weighted by Crippen LogP contribution is -2.04. The van der Waals surface area contributed by atoms with Crippen molar-refractivity contribution in [1.82, 2.24) is 19.5 Å². The molecule has 0 aliphatic rings. The van der Waals surface area contributed by atoms with Gasteiger partial charge < -0.3 is 24.1 Å². The Labute approximate surface area is 201 Å². The molecule has 0 amide bonds. The number of methoxy groups -OCH3 is 1. The minimum atomic E-state index is 0.461. The van der Waals surface area contributed by atoms with Crippen molar-refractivity contribution in [2.24, 2.45) is 7.05 Å². The number of aryl methyl sites for hydroxylation is 1. The van der Waals surface area contributed by atoms with Crippen LogP contribution in [-0.2, 0) is 11.8 Å². The van der Waals surface area contributed by atoms with Gasteiger partial charge in [0.25, 0.3) is 0 Å². The number of hydrogen-bond acceptors (Lipinski definition) is 7. The van der Waals surface area contributed by atoms with Crippen LogP contribution in [-0.4, -0.2) is 39.8 Å². The summed E-state index contributed by atoms with van der Waals surface area (Å²) in [7, 11) is 3.59. The maximum Gasteiger partial charge on any atom is 0.146 e. The Kier molecular flexibility index (Phi) is 6.16. The zero-order valence-corrected chi connectivity index (χ0v) is 19.4. The lowest BCUT2D eigenvalue weighted by molar-refractivity contribution is 0.146. The van der Waals surface area contributed by atoms with Crippen LogP contribution < -0.4 is 14.8 Å². The van der Waals surface area contributed by atoms with E-state index in [1.165, 1.54) is 6.33 Å². The molecule has 0 unspecified atom stereocenters. The van der Waals surface area contributed by atoms with Crippen molar-refractivity contribution in [2.75, 3.05) is 25.6 Å². The number of nitrogens with zero attached hydrogens (tertiary/aromatic N) is 4. The summed E-state index contributed by atoms with van der Waals surface area (Å²) in [6.45, 7) is 0.972. The molecular formula is C25H22ClN5O3. The van der Waals surface area contributed by atoms with Gasteiger partial charge in [-0.1, -0.05) is 11.6 Å². The fraction of sp³-hybridized carbons (Fsp3) is 0.160. The first-order chi connectivity index (χ1) is 16.6. The largest absolute Gasteiger partial charge is 0.491 e. The molecule has 0 saturated heterocycles. The van der Waals surface area contributed by atoms with Crippen molar-refractivity contribution in [3.05, 3.63) is 72.3 Å². The van der Waals surface area contributed by atoms with Gasteiger partial charge >= 0.3 is 0 Å². The summed E-state index contributed by atoms with van der Waals surface area (Å²) in [6.07, 6.45) is 3.29. The summed E-state index contributed by atoms with van der Waals surface area (Å²) >= 11 is 6.53. The molecule has 0 radical (unpaired) electrons. The fourth-order valence-electron chi connectivity index (χ4n) is 3.57. The van der Waals surface area contributed by atoms with Crippen LogP contribution in [0.1, 0.15) is 0 Å². The maximum absolute atomic E-state index is 6.53. The Bertz CT molecular complexity index is 1470. The molecular weight excluding hydrogens is 454 g/mol. The molecule has 0 aliphatic heterocycles. The van der Waals surface area contributed by atoms with E-state index < -0.39 is 0 Å². The third-order valence-electron chi connectivity index (χ3n) is 5.28. The first kappa shape index (κ1) is 21.9. The van der Waals surface area contributed by atoms with Crippen LogP contribution in [0.4, 0.5) is 11.5 Å². The molecule has 172 valence electrons. The van der Waals surface area contributed by atoms with E-state index in [1.807, 2.05) is 60.1 Å². The highest BCUT2D eigenvalue weighted by Crippen LogP contribution is 2.34. The van der Waals surface area contributed by atoms with Gasteiger partial charge in [0.05, 0.1) is 34.5 Å². The predicted octanol–water partition coefficient (Wildman–Crippen LogP) is 5.73. The molecule has 0 bridgehead atoms. The lowest BCUT2D eigenvalue weighted by atomic mass is 10.2. The average Bonchev–Trinajstić information content (AvgIpc) is 3.21. The van der Waals surface area contributed by atoms with Crippen LogP contribution in [0.3, 0.4) is 0 Å². The smallest absolute Gasteiger partial charge is 0.146 e. The van der Waals surface area contributed by atoms with E-state index in [4.69, 9.17) is 25.8 Å². The van der Waals surface area contributed by atoms with Gasteiger partial charge in [-0.2, -0.15) is 0 Å². The highest BCUT2D eigenvalue weighted by atomic mass is 35.5. The Morgan fingerprint density at radius 1 is 0.912 bits per heavy atom. The molecule has 34 heavy (non-hydrogen) atoms. The zero-order chi connectivity index (χ0) is 23.5. The quantitative estimate of drug-likeness (QED) is 0.287. The highest BCUT2D eigenvalue weighted by Gasteiger charge is 2.10. The van der Waals surface area contributed by atoms with Crippen molar-refractivity contribution in [2.45, 2.75) is 0 Å². The SMILES string of the molecule is COCCOc1ccc2ncnc(Nc3ccc(Oc4ccc5c(c4)ncn5C)c(Cl)c3)c2c1. The van der Waals surface area contributed by atoms with Gasteiger partial charge in [-0.25, -0.2) is 15.0 Å². The molecule has 3 aromatic carbocycles. The molecule has 2 heterocycles. The number of nitrogens with one attached hydrogen (secondary N) is 1. The Hall–Kier alpha value is -3.88. The number of halogens is 1. The molecule has 2 aromatic heterocycles. The zero-order valence-electron chi connectivity index (χ0n) is 18.7. The Morgan fingerprint density at radius 3 is 2.65 bits per heavy atom. The van der Waals surface area contributed by atoms with Gasteiger partial charge in [0, 0.05) is 31.3 Å². The van der Waals surface area contributed by atoms with Crippen molar-refractivity contribution in [3.63, 3.8) is 0 Å². The average molecular weight is 476 g/mol. The van der Waals surface area contributed by atoms with E-state index in [9.17, 15) is 0 Å². The normalized spacial score (nSPS) is 11.1. The first-order valence-electron chi connectivity index (χ1n) is 10.6. The number of hydrogen-bond donors (Lipinski definition) is 1. The predicted molar refractivity (Wildman–Crippen MR) is 132 cm³/mol. The third kappa shape index (κ3) is 4.59. The molecule has 0 aliphatic carbocycles. The number of fused-ring (bicyclic) bond motifs is 2. The van der Waals surface area contributed by atoms with Crippen LogP contribution in [0.2, 0.25) is 5.02 Å². The third-order valence-corrected chi connectivity index (χ3v) is 5.58.